The number of furan rings is 1. The highest BCUT2D eigenvalue weighted by atomic mass is 79.9. The Morgan fingerprint density at radius 1 is 0.861 bits per heavy atom. The Bertz CT molecular complexity index is 1360. The smallest absolute Gasteiger partial charge is 0.291 e. The average molecular weight is 564 g/mol. The van der Waals surface area contributed by atoms with Gasteiger partial charge in [-0.2, -0.15) is 0 Å². The number of thiocarbonyl (C=S) groups is 1. The lowest BCUT2D eigenvalue weighted by molar-refractivity contribution is 0.0971. The molecule has 0 bridgehead atoms. The van der Waals surface area contributed by atoms with Crippen molar-refractivity contribution in [2.24, 2.45) is 0 Å². The van der Waals surface area contributed by atoms with Crippen LogP contribution in [0.15, 0.2) is 100 Å². The molecule has 0 atom stereocenters. The molecule has 1 heterocycles. The normalized spacial score (nSPS) is 10.4. The van der Waals surface area contributed by atoms with Gasteiger partial charge in [0.05, 0.1) is 18.4 Å². The van der Waals surface area contributed by atoms with Gasteiger partial charge in [-0.05, 0) is 66.3 Å². The van der Waals surface area contributed by atoms with Gasteiger partial charge in [-0.15, -0.1) is 0 Å². The van der Waals surface area contributed by atoms with Crippen LogP contribution in [-0.4, -0.2) is 23.5 Å². The van der Waals surface area contributed by atoms with Crippen molar-refractivity contribution in [1.29, 1.82) is 0 Å². The van der Waals surface area contributed by atoms with E-state index < -0.39 is 5.91 Å². The second-order valence-electron chi connectivity index (χ2n) is 7.65. The van der Waals surface area contributed by atoms with E-state index in [1.54, 1.807) is 48.5 Å². The lowest BCUT2D eigenvalue weighted by Gasteiger charge is -2.14. The van der Waals surface area contributed by atoms with Gasteiger partial charge < -0.3 is 19.8 Å². The predicted molar refractivity (Wildman–Crippen MR) is 147 cm³/mol. The molecule has 2 amide bonds. The minimum atomic E-state index is -0.411. The summed E-state index contributed by atoms with van der Waals surface area (Å²) in [6.45, 7) is 0.422. The number of carbonyl (C=O) groups excluding carboxylic acids is 2. The maximum atomic E-state index is 13.0. The van der Waals surface area contributed by atoms with Crippen LogP contribution in [-0.2, 0) is 6.42 Å². The van der Waals surface area contributed by atoms with Crippen molar-refractivity contribution < 1.29 is 18.7 Å². The summed E-state index contributed by atoms with van der Waals surface area (Å²) < 4.78 is 11.7. The zero-order valence-electron chi connectivity index (χ0n) is 19.0. The van der Waals surface area contributed by atoms with Crippen molar-refractivity contribution in [2.45, 2.75) is 6.42 Å². The molecule has 4 rings (SSSR count). The van der Waals surface area contributed by atoms with Gasteiger partial charge in [0.1, 0.15) is 5.75 Å². The fourth-order valence-corrected chi connectivity index (χ4v) is 3.91. The quantitative estimate of drug-likeness (QED) is 0.226. The summed E-state index contributed by atoms with van der Waals surface area (Å²) in [6, 6.07) is 25.4. The van der Waals surface area contributed by atoms with Gasteiger partial charge in [0, 0.05) is 22.3 Å². The third-order valence-corrected chi connectivity index (χ3v) is 5.73. The van der Waals surface area contributed by atoms with Crippen LogP contribution in [0.5, 0.6) is 5.75 Å². The van der Waals surface area contributed by atoms with E-state index in [1.165, 1.54) is 6.26 Å². The van der Waals surface area contributed by atoms with Crippen molar-refractivity contribution in [2.75, 3.05) is 17.2 Å². The molecule has 3 aromatic carbocycles. The number of benzene rings is 3. The molecule has 182 valence electrons. The number of rotatable bonds is 8. The number of hydrogen-bond acceptors (Lipinski definition) is 5. The van der Waals surface area contributed by atoms with Crippen LogP contribution in [0.4, 0.5) is 11.4 Å². The Kier molecular flexibility index (Phi) is 8.48. The SMILES string of the molecule is O=C(Nc1cccc(NC(=S)NC(=O)c2cc(Br)ccc2OCCc2ccccc2)c1)c1ccco1. The number of ether oxygens (including phenoxy) is 1. The van der Waals surface area contributed by atoms with Crippen LogP contribution >= 0.6 is 28.1 Å². The Labute approximate surface area is 222 Å². The summed E-state index contributed by atoms with van der Waals surface area (Å²) in [5, 5.41) is 8.49. The predicted octanol–water partition coefficient (Wildman–Crippen LogP) is 6.04. The molecule has 9 heteroatoms. The molecular formula is C27H22BrN3O4S. The first-order valence-corrected chi connectivity index (χ1v) is 12.2. The maximum Gasteiger partial charge on any atom is 0.291 e. The first-order valence-electron chi connectivity index (χ1n) is 11.0. The van der Waals surface area contributed by atoms with Gasteiger partial charge in [0.25, 0.3) is 11.8 Å². The molecule has 0 aliphatic rings. The highest BCUT2D eigenvalue weighted by Crippen LogP contribution is 2.24. The number of nitrogens with one attached hydrogen (secondary N) is 3. The summed E-state index contributed by atoms with van der Waals surface area (Å²) in [6.07, 6.45) is 2.14. The Balaban J connectivity index is 1.36. The summed E-state index contributed by atoms with van der Waals surface area (Å²) in [4.78, 5) is 25.2. The first-order chi connectivity index (χ1) is 17.5. The minimum absolute atomic E-state index is 0.102. The maximum absolute atomic E-state index is 13.0. The number of hydrogen-bond donors (Lipinski definition) is 3. The summed E-state index contributed by atoms with van der Waals surface area (Å²) in [7, 11) is 0. The Hall–Kier alpha value is -3.95. The van der Waals surface area contributed by atoms with Crippen molar-refractivity contribution >= 4 is 56.4 Å². The lowest BCUT2D eigenvalue weighted by atomic mass is 10.1. The second-order valence-corrected chi connectivity index (χ2v) is 8.97. The third-order valence-electron chi connectivity index (χ3n) is 5.03. The van der Waals surface area contributed by atoms with Gasteiger partial charge in [-0.1, -0.05) is 52.3 Å². The van der Waals surface area contributed by atoms with Gasteiger partial charge in [-0.3, -0.25) is 14.9 Å². The molecule has 0 aliphatic heterocycles. The monoisotopic (exact) mass is 563 g/mol. The van der Waals surface area contributed by atoms with Crippen LogP contribution in [0.3, 0.4) is 0 Å². The molecule has 3 N–H and O–H groups in total. The number of halogens is 1. The van der Waals surface area contributed by atoms with Crippen molar-refractivity contribution in [3.63, 3.8) is 0 Å². The van der Waals surface area contributed by atoms with E-state index >= 15 is 0 Å². The largest absolute Gasteiger partial charge is 0.492 e. The molecular weight excluding hydrogens is 542 g/mol. The molecule has 7 nitrogen and oxygen atoms in total. The zero-order chi connectivity index (χ0) is 25.3. The third kappa shape index (κ3) is 7.03. The average Bonchev–Trinajstić information content (AvgIpc) is 3.41. The Morgan fingerprint density at radius 2 is 1.64 bits per heavy atom. The van der Waals surface area contributed by atoms with Crippen LogP contribution < -0.4 is 20.7 Å². The van der Waals surface area contributed by atoms with Gasteiger partial charge >= 0.3 is 0 Å². The molecule has 0 unspecified atom stereocenters. The lowest BCUT2D eigenvalue weighted by Crippen LogP contribution is -2.34. The van der Waals surface area contributed by atoms with Gasteiger partial charge in [-0.25, -0.2) is 0 Å². The van der Waals surface area contributed by atoms with E-state index in [2.05, 4.69) is 31.9 Å². The molecule has 36 heavy (non-hydrogen) atoms. The fourth-order valence-electron chi connectivity index (χ4n) is 3.34. The van der Waals surface area contributed by atoms with E-state index in [0.29, 0.717) is 35.7 Å². The van der Waals surface area contributed by atoms with Gasteiger partial charge in [0.2, 0.25) is 0 Å². The Morgan fingerprint density at radius 3 is 2.39 bits per heavy atom. The second kappa shape index (κ2) is 12.1. The van der Waals surface area contributed by atoms with Crippen LogP contribution in [0.2, 0.25) is 0 Å². The highest BCUT2D eigenvalue weighted by molar-refractivity contribution is 9.10. The molecule has 4 aromatic rings. The standard InChI is InChI=1S/C27H22BrN3O4S/c28-19-11-12-23(35-15-13-18-6-2-1-3-7-18)22(16-19)25(32)31-27(36)30-21-9-4-8-20(17-21)29-26(33)24-10-5-14-34-24/h1-12,14,16-17H,13,15H2,(H,29,33)(H2,30,31,32,36). The molecule has 0 fully saturated rings. The topological polar surface area (TPSA) is 92.6 Å². The number of amides is 2. The van der Waals surface area contributed by atoms with Crippen LogP contribution in [0.1, 0.15) is 26.5 Å². The minimum Gasteiger partial charge on any atom is -0.492 e. The van der Waals surface area contributed by atoms with E-state index in [-0.39, 0.29) is 16.8 Å². The summed E-state index contributed by atoms with van der Waals surface area (Å²) >= 11 is 8.74. The van der Waals surface area contributed by atoms with Crippen molar-refractivity contribution in [1.82, 2.24) is 5.32 Å². The van der Waals surface area contributed by atoms with Crippen molar-refractivity contribution in [3.8, 4) is 5.75 Å². The van der Waals surface area contributed by atoms with E-state index in [9.17, 15) is 9.59 Å². The molecule has 0 aliphatic carbocycles. The number of carbonyl (C=O) groups is 2. The highest BCUT2D eigenvalue weighted by Gasteiger charge is 2.15. The van der Waals surface area contributed by atoms with Gasteiger partial charge in [0.15, 0.2) is 10.9 Å². The van der Waals surface area contributed by atoms with Crippen molar-refractivity contribution in [3.05, 3.63) is 113 Å². The van der Waals surface area contributed by atoms with E-state index in [0.717, 1.165) is 10.0 Å². The summed E-state index contributed by atoms with van der Waals surface area (Å²) in [5.74, 6) is -0.128. The van der Waals surface area contributed by atoms with E-state index in [1.807, 2.05) is 36.4 Å². The molecule has 1 aromatic heterocycles. The molecule has 0 saturated carbocycles. The van der Waals surface area contributed by atoms with E-state index in [4.69, 9.17) is 21.4 Å². The number of anilines is 2. The van der Waals surface area contributed by atoms with Crippen LogP contribution in [0, 0.1) is 0 Å². The van der Waals surface area contributed by atoms with Crippen LogP contribution in [0.25, 0.3) is 0 Å². The first kappa shape index (κ1) is 25.2. The zero-order valence-corrected chi connectivity index (χ0v) is 21.4. The fraction of sp³-hybridized carbons (Fsp3) is 0.0741. The summed E-state index contributed by atoms with van der Waals surface area (Å²) in [5.41, 5.74) is 2.62. The molecule has 0 spiro atoms. The molecule has 0 saturated heterocycles. The molecule has 0 radical (unpaired) electrons.